The van der Waals surface area contributed by atoms with E-state index in [1.54, 1.807) is 6.92 Å². The summed E-state index contributed by atoms with van der Waals surface area (Å²) in [6.45, 7) is 7.58. The van der Waals surface area contributed by atoms with E-state index in [9.17, 15) is 24.9 Å². The maximum Gasteiger partial charge on any atom is 0.309 e. The lowest BCUT2D eigenvalue weighted by molar-refractivity contribution is -0.280. The van der Waals surface area contributed by atoms with E-state index in [2.05, 4.69) is 6.58 Å². The molecule has 7 unspecified atom stereocenters. The molecule has 7 atom stereocenters. The van der Waals surface area contributed by atoms with Crippen molar-refractivity contribution < 1.29 is 24.9 Å². The van der Waals surface area contributed by atoms with Crippen molar-refractivity contribution in [3.63, 3.8) is 0 Å². The Morgan fingerprint density at radius 2 is 1.88 bits per heavy atom. The first-order valence-corrected chi connectivity index (χ1v) is 9.41. The van der Waals surface area contributed by atoms with Crippen LogP contribution in [0.4, 0.5) is 0 Å². The maximum atomic E-state index is 13.1. The van der Waals surface area contributed by atoms with Gasteiger partial charge >= 0.3 is 5.97 Å². The minimum Gasteiger partial charge on any atom is -0.481 e. The Bertz CT molecular complexity index is 686. The highest BCUT2D eigenvalue weighted by atomic mass is 16.4. The van der Waals surface area contributed by atoms with Gasteiger partial charge in [0.2, 0.25) is 0 Å². The second kappa shape index (κ2) is 4.74. The van der Waals surface area contributed by atoms with Gasteiger partial charge in [-0.05, 0) is 56.9 Å². The van der Waals surface area contributed by atoms with Crippen LogP contribution in [-0.2, 0) is 9.59 Å². The Kier molecular flexibility index (Phi) is 3.27. The number of carbonyl (C=O) groups is 2. The van der Waals surface area contributed by atoms with Crippen molar-refractivity contribution in [3.8, 4) is 0 Å². The lowest BCUT2D eigenvalue weighted by Gasteiger charge is -2.67. The van der Waals surface area contributed by atoms with Crippen molar-refractivity contribution in [2.75, 3.05) is 0 Å². The smallest absolute Gasteiger partial charge is 0.309 e. The molecule has 4 aliphatic carbocycles. The Labute approximate surface area is 148 Å². The summed E-state index contributed by atoms with van der Waals surface area (Å²) in [4.78, 5) is 25.2. The molecule has 4 fully saturated rings. The number of hydrogen-bond donors (Lipinski definition) is 3. The number of aliphatic hydroxyl groups is 2. The molecule has 2 bridgehead atoms. The molecule has 0 amide bonds. The van der Waals surface area contributed by atoms with Crippen molar-refractivity contribution in [1.82, 2.24) is 0 Å². The van der Waals surface area contributed by atoms with E-state index < -0.39 is 39.8 Å². The van der Waals surface area contributed by atoms with Gasteiger partial charge in [0, 0.05) is 11.3 Å². The van der Waals surface area contributed by atoms with Crippen LogP contribution < -0.4 is 0 Å². The molecule has 4 aliphatic rings. The molecular formula is C20H28O5. The second-order valence-electron chi connectivity index (χ2n) is 9.48. The number of ketones is 1. The van der Waals surface area contributed by atoms with Gasteiger partial charge in [0.05, 0.1) is 22.5 Å². The summed E-state index contributed by atoms with van der Waals surface area (Å²) in [5.74, 6) is -1.48. The number of aliphatic hydroxyl groups excluding tert-OH is 1. The van der Waals surface area contributed by atoms with E-state index >= 15 is 0 Å². The summed E-state index contributed by atoms with van der Waals surface area (Å²) in [6.07, 6.45) is 2.81. The van der Waals surface area contributed by atoms with Crippen molar-refractivity contribution in [3.05, 3.63) is 12.2 Å². The predicted molar refractivity (Wildman–Crippen MR) is 90.7 cm³/mol. The molecule has 5 nitrogen and oxygen atoms in total. The molecule has 0 aromatic heterocycles. The lowest BCUT2D eigenvalue weighted by Crippen LogP contribution is -2.73. The van der Waals surface area contributed by atoms with Crippen LogP contribution in [-0.4, -0.2) is 38.8 Å². The molecule has 138 valence electrons. The fourth-order valence-corrected chi connectivity index (χ4v) is 7.43. The third-order valence-corrected chi connectivity index (χ3v) is 8.60. The molecule has 3 N–H and O–H groups in total. The summed E-state index contributed by atoms with van der Waals surface area (Å²) in [5, 5.41) is 32.9. The summed E-state index contributed by atoms with van der Waals surface area (Å²) in [6, 6.07) is 0. The first-order valence-electron chi connectivity index (χ1n) is 9.41. The number of aliphatic carboxylic acids is 1. The normalized spacial score (nSPS) is 54.8. The summed E-state index contributed by atoms with van der Waals surface area (Å²) >= 11 is 0. The van der Waals surface area contributed by atoms with Crippen LogP contribution in [0.15, 0.2) is 12.2 Å². The Hall–Kier alpha value is -1.20. The average Bonchev–Trinajstić information content (AvgIpc) is 2.73. The van der Waals surface area contributed by atoms with E-state index in [4.69, 9.17) is 0 Å². The topological polar surface area (TPSA) is 94.8 Å². The van der Waals surface area contributed by atoms with Crippen molar-refractivity contribution in [2.24, 2.45) is 28.1 Å². The van der Waals surface area contributed by atoms with E-state index in [-0.39, 0.29) is 18.1 Å². The van der Waals surface area contributed by atoms with Crippen molar-refractivity contribution in [2.45, 2.75) is 70.5 Å². The molecule has 0 aromatic rings. The van der Waals surface area contributed by atoms with Gasteiger partial charge in [-0.2, -0.15) is 0 Å². The Balaban J connectivity index is 1.91. The highest BCUT2D eigenvalue weighted by Gasteiger charge is 2.77. The highest BCUT2D eigenvalue weighted by Crippen LogP contribution is 2.72. The molecule has 4 rings (SSSR count). The van der Waals surface area contributed by atoms with Crippen molar-refractivity contribution in [1.29, 1.82) is 0 Å². The van der Waals surface area contributed by atoms with Crippen LogP contribution >= 0.6 is 0 Å². The van der Waals surface area contributed by atoms with E-state index in [1.807, 2.05) is 6.92 Å². The average molecular weight is 348 g/mol. The highest BCUT2D eigenvalue weighted by molar-refractivity contribution is 6.04. The zero-order valence-corrected chi connectivity index (χ0v) is 15.0. The molecular weight excluding hydrogens is 320 g/mol. The van der Waals surface area contributed by atoms with Gasteiger partial charge in [-0.15, -0.1) is 0 Å². The molecule has 5 heteroatoms. The number of fused-ring (bicyclic) bond motifs is 3. The molecule has 1 spiro atoms. The fraction of sp³-hybridized carbons (Fsp3) is 0.800. The van der Waals surface area contributed by atoms with Gasteiger partial charge < -0.3 is 15.3 Å². The van der Waals surface area contributed by atoms with Crippen LogP contribution in [0.5, 0.6) is 0 Å². The Morgan fingerprint density at radius 3 is 2.52 bits per heavy atom. The van der Waals surface area contributed by atoms with E-state index in [0.717, 1.165) is 0 Å². The summed E-state index contributed by atoms with van der Waals surface area (Å²) in [5.41, 5.74) is -3.55. The number of carboxylic acids is 1. The van der Waals surface area contributed by atoms with Crippen LogP contribution in [0.25, 0.3) is 0 Å². The number of carbonyl (C=O) groups excluding carboxylic acids is 1. The molecule has 0 heterocycles. The third-order valence-electron chi connectivity index (χ3n) is 8.60. The summed E-state index contributed by atoms with van der Waals surface area (Å²) < 4.78 is 0. The van der Waals surface area contributed by atoms with E-state index in [0.29, 0.717) is 44.1 Å². The molecule has 0 aromatic carbocycles. The number of Topliss-reactive ketones (excluding diaryl/α,β-unsaturated/α-hetero) is 1. The van der Waals surface area contributed by atoms with Crippen LogP contribution in [0, 0.1) is 28.1 Å². The predicted octanol–water partition coefficient (Wildman–Crippen LogP) is 2.30. The molecule has 25 heavy (non-hydrogen) atoms. The third kappa shape index (κ3) is 1.67. The number of rotatable bonds is 1. The van der Waals surface area contributed by atoms with Gasteiger partial charge in [-0.25, -0.2) is 0 Å². The summed E-state index contributed by atoms with van der Waals surface area (Å²) in [7, 11) is 0. The maximum absolute atomic E-state index is 13.1. The van der Waals surface area contributed by atoms with Gasteiger partial charge in [0.25, 0.3) is 0 Å². The zero-order valence-electron chi connectivity index (χ0n) is 15.0. The SMILES string of the molecule is C=C1C(=O)C23CC1CCC2(O)C1(C)CCCC(C)(C(=O)O)C1C(O)C3. The zero-order chi connectivity index (χ0) is 18.4. The van der Waals surface area contributed by atoms with Gasteiger partial charge in [0.15, 0.2) is 5.78 Å². The van der Waals surface area contributed by atoms with Crippen LogP contribution in [0.3, 0.4) is 0 Å². The molecule has 0 aliphatic heterocycles. The first-order chi connectivity index (χ1) is 11.5. The number of allylic oxidation sites excluding steroid dienone is 1. The first kappa shape index (κ1) is 17.2. The largest absolute Gasteiger partial charge is 0.481 e. The number of hydrogen-bond acceptors (Lipinski definition) is 4. The van der Waals surface area contributed by atoms with Crippen molar-refractivity contribution >= 4 is 11.8 Å². The standard InChI is InChI=1S/C20H28O5/c1-11-12-5-8-20(25)18(3)7-4-6-17(2,16(23)24)14(18)13(21)10-19(20,9-12)15(11)22/h12-14,21,25H,1,4-10H2,2-3H3,(H,23,24). The van der Waals surface area contributed by atoms with Gasteiger partial charge in [-0.3, -0.25) is 9.59 Å². The van der Waals surface area contributed by atoms with Gasteiger partial charge in [0.1, 0.15) is 0 Å². The number of carboxylic acid groups (broad SMARTS) is 1. The van der Waals surface area contributed by atoms with Gasteiger partial charge in [-0.1, -0.05) is 19.9 Å². The second-order valence-corrected chi connectivity index (χ2v) is 9.48. The lowest BCUT2D eigenvalue weighted by atomic mass is 9.38. The minimum absolute atomic E-state index is 0.0922. The van der Waals surface area contributed by atoms with Crippen LogP contribution in [0.1, 0.15) is 58.8 Å². The monoisotopic (exact) mass is 348 g/mol. The quantitative estimate of drug-likeness (QED) is 0.632. The molecule has 4 saturated carbocycles. The molecule has 0 saturated heterocycles. The molecule has 0 radical (unpaired) electrons. The fourth-order valence-electron chi connectivity index (χ4n) is 7.43. The Morgan fingerprint density at radius 1 is 1.20 bits per heavy atom. The van der Waals surface area contributed by atoms with Crippen LogP contribution in [0.2, 0.25) is 0 Å². The minimum atomic E-state index is -1.27. The van der Waals surface area contributed by atoms with E-state index in [1.165, 1.54) is 0 Å².